The maximum atomic E-state index is 5.75. The van der Waals surface area contributed by atoms with E-state index >= 15 is 0 Å². The molecule has 0 unspecified atom stereocenters. The number of hydrogen-bond acceptors (Lipinski definition) is 2. The third-order valence-electron chi connectivity index (χ3n) is 3.04. The molecule has 0 amide bonds. The summed E-state index contributed by atoms with van der Waals surface area (Å²) in [5, 5.41) is 0. The van der Waals surface area contributed by atoms with Crippen molar-refractivity contribution in [2.24, 2.45) is 5.73 Å². The van der Waals surface area contributed by atoms with Gasteiger partial charge in [0.2, 0.25) is 0 Å². The summed E-state index contributed by atoms with van der Waals surface area (Å²) < 4.78 is 0. The average molecular weight is 202 g/mol. The maximum absolute atomic E-state index is 5.75. The van der Waals surface area contributed by atoms with Crippen LogP contribution in [0.25, 0.3) is 6.08 Å². The van der Waals surface area contributed by atoms with Crippen LogP contribution < -0.4 is 10.6 Å². The highest BCUT2D eigenvalue weighted by Gasteiger charge is 2.16. The predicted octanol–water partition coefficient (Wildman–Crippen LogP) is 2.21. The zero-order valence-electron chi connectivity index (χ0n) is 9.40. The first-order chi connectivity index (χ1) is 7.24. The van der Waals surface area contributed by atoms with E-state index in [4.69, 9.17) is 5.73 Å². The monoisotopic (exact) mass is 202 g/mol. The van der Waals surface area contributed by atoms with Gasteiger partial charge < -0.3 is 10.6 Å². The molecule has 2 heteroatoms. The van der Waals surface area contributed by atoms with E-state index < -0.39 is 0 Å². The van der Waals surface area contributed by atoms with Crippen molar-refractivity contribution < 1.29 is 0 Å². The van der Waals surface area contributed by atoms with E-state index in [1.165, 1.54) is 16.8 Å². The van der Waals surface area contributed by atoms with E-state index in [9.17, 15) is 0 Å². The molecule has 1 aliphatic rings. The van der Waals surface area contributed by atoms with E-state index in [0.29, 0.717) is 12.5 Å². The Hall–Kier alpha value is -1.28. The van der Waals surface area contributed by atoms with E-state index in [2.05, 4.69) is 49.2 Å². The molecule has 0 radical (unpaired) electrons. The van der Waals surface area contributed by atoms with Gasteiger partial charge in [-0.3, -0.25) is 0 Å². The van der Waals surface area contributed by atoms with Crippen LogP contribution in [0, 0.1) is 0 Å². The second kappa shape index (κ2) is 4.07. The molecule has 0 aliphatic carbocycles. The Bertz CT molecular complexity index is 382. The molecule has 1 aromatic rings. The molecule has 80 valence electrons. The lowest BCUT2D eigenvalue weighted by atomic mass is 9.94. The van der Waals surface area contributed by atoms with Crippen molar-refractivity contribution in [3.63, 3.8) is 0 Å². The molecule has 0 aromatic heterocycles. The SMILES string of the molecule is C[C@H](CN)c1cccc2c1N(C)CC=C2. The third-order valence-corrected chi connectivity index (χ3v) is 3.04. The highest BCUT2D eigenvalue weighted by molar-refractivity contribution is 5.74. The quantitative estimate of drug-likeness (QED) is 0.796. The van der Waals surface area contributed by atoms with Crippen molar-refractivity contribution in [3.8, 4) is 0 Å². The number of rotatable bonds is 2. The fourth-order valence-electron chi connectivity index (χ4n) is 2.11. The lowest BCUT2D eigenvalue weighted by Gasteiger charge is -2.28. The number of hydrogen-bond donors (Lipinski definition) is 1. The molecule has 0 saturated heterocycles. The van der Waals surface area contributed by atoms with Crippen molar-refractivity contribution in [1.82, 2.24) is 0 Å². The summed E-state index contributed by atoms with van der Waals surface area (Å²) in [6.07, 6.45) is 4.39. The normalized spacial score (nSPS) is 16.3. The van der Waals surface area contributed by atoms with Gasteiger partial charge in [0.25, 0.3) is 0 Å². The van der Waals surface area contributed by atoms with Crippen molar-refractivity contribution in [3.05, 3.63) is 35.4 Å². The zero-order valence-corrected chi connectivity index (χ0v) is 9.40. The average Bonchev–Trinajstić information content (AvgIpc) is 2.28. The Morgan fingerprint density at radius 3 is 3.00 bits per heavy atom. The third kappa shape index (κ3) is 1.77. The molecule has 2 N–H and O–H groups in total. The molecule has 2 nitrogen and oxygen atoms in total. The van der Waals surface area contributed by atoms with Gasteiger partial charge in [0.1, 0.15) is 0 Å². The van der Waals surface area contributed by atoms with Crippen molar-refractivity contribution in [1.29, 1.82) is 0 Å². The number of nitrogens with two attached hydrogens (primary N) is 1. The largest absolute Gasteiger partial charge is 0.370 e. The molecule has 1 atom stereocenters. The van der Waals surface area contributed by atoms with Crippen LogP contribution in [0.3, 0.4) is 0 Å². The number of benzene rings is 1. The minimum atomic E-state index is 0.425. The van der Waals surface area contributed by atoms with E-state index in [1.807, 2.05) is 0 Å². The fraction of sp³-hybridized carbons (Fsp3) is 0.385. The first-order valence-corrected chi connectivity index (χ1v) is 5.44. The van der Waals surface area contributed by atoms with E-state index in [-0.39, 0.29) is 0 Å². The summed E-state index contributed by atoms with van der Waals surface area (Å²) in [6, 6.07) is 6.46. The lowest BCUT2D eigenvalue weighted by molar-refractivity contribution is 0.768. The number of likely N-dealkylation sites (N-methyl/N-ethyl adjacent to an activating group) is 1. The van der Waals surface area contributed by atoms with Crippen LogP contribution in [0.5, 0.6) is 0 Å². The summed E-state index contributed by atoms with van der Waals surface area (Å²) in [7, 11) is 2.13. The second-order valence-corrected chi connectivity index (χ2v) is 4.20. The van der Waals surface area contributed by atoms with Gasteiger partial charge in [-0.05, 0) is 23.6 Å². The van der Waals surface area contributed by atoms with Crippen molar-refractivity contribution in [2.75, 3.05) is 25.0 Å². The number of anilines is 1. The van der Waals surface area contributed by atoms with E-state index in [0.717, 1.165) is 6.54 Å². The molecule has 15 heavy (non-hydrogen) atoms. The summed E-state index contributed by atoms with van der Waals surface area (Å²) in [4.78, 5) is 2.29. The molecule has 1 aliphatic heterocycles. The summed E-state index contributed by atoms with van der Waals surface area (Å²) in [5.41, 5.74) is 9.76. The van der Waals surface area contributed by atoms with E-state index in [1.54, 1.807) is 0 Å². The van der Waals surface area contributed by atoms with Gasteiger partial charge in [-0.2, -0.15) is 0 Å². The van der Waals surface area contributed by atoms with Crippen molar-refractivity contribution in [2.45, 2.75) is 12.8 Å². The molecule has 2 rings (SSSR count). The number of para-hydroxylation sites is 1. The van der Waals surface area contributed by atoms with Crippen LogP contribution in [0.2, 0.25) is 0 Å². The highest BCUT2D eigenvalue weighted by Crippen LogP contribution is 2.33. The molecule has 0 bridgehead atoms. The first-order valence-electron chi connectivity index (χ1n) is 5.44. The Morgan fingerprint density at radius 2 is 2.27 bits per heavy atom. The standard InChI is InChI=1S/C13H18N2/c1-10(9-14)12-7-3-5-11-6-4-8-15(2)13(11)12/h3-7,10H,8-9,14H2,1-2H3/t10-/m1/s1. The molecule has 0 fully saturated rings. The minimum Gasteiger partial charge on any atom is -0.370 e. The number of nitrogens with zero attached hydrogens (tertiary/aromatic N) is 1. The van der Waals surface area contributed by atoms with Gasteiger partial charge in [0, 0.05) is 19.3 Å². The minimum absolute atomic E-state index is 0.425. The van der Waals surface area contributed by atoms with Gasteiger partial charge in [0.05, 0.1) is 0 Å². The molecule has 0 saturated carbocycles. The summed E-state index contributed by atoms with van der Waals surface area (Å²) in [6.45, 7) is 3.87. The van der Waals surface area contributed by atoms with Crippen LogP contribution in [0.1, 0.15) is 24.0 Å². The van der Waals surface area contributed by atoms with Crippen LogP contribution in [-0.4, -0.2) is 20.1 Å². The van der Waals surface area contributed by atoms with Gasteiger partial charge in [0.15, 0.2) is 0 Å². The molecule has 0 spiro atoms. The molecular weight excluding hydrogens is 184 g/mol. The van der Waals surface area contributed by atoms with Crippen LogP contribution in [0.15, 0.2) is 24.3 Å². The zero-order chi connectivity index (χ0) is 10.8. The molecule has 1 heterocycles. The van der Waals surface area contributed by atoms with Crippen LogP contribution in [0.4, 0.5) is 5.69 Å². The topological polar surface area (TPSA) is 29.3 Å². The fourth-order valence-corrected chi connectivity index (χ4v) is 2.11. The maximum Gasteiger partial charge on any atom is 0.0475 e. The molecule has 1 aromatic carbocycles. The van der Waals surface area contributed by atoms with Gasteiger partial charge in [-0.15, -0.1) is 0 Å². The van der Waals surface area contributed by atoms with Crippen LogP contribution in [-0.2, 0) is 0 Å². The Morgan fingerprint density at radius 1 is 1.47 bits per heavy atom. The Labute approximate surface area is 91.4 Å². The highest BCUT2D eigenvalue weighted by atomic mass is 15.1. The first kappa shape index (κ1) is 10.2. The smallest absolute Gasteiger partial charge is 0.0475 e. The van der Waals surface area contributed by atoms with Gasteiger partial charge in [-0.1, -0.05) is 37.3 Å². The Kier molecular flexibility index (Phi) is 2.78. The van der Waals surface area contributed by atoms with Crippen LogP contribution >= 0.6 is 0 Å². The van der Waals surface area contributed by atoms with Gasteiger partial charge >= 0.3 is 0 Å². The molecular formula is C13H18N2. The summed E-state index contributed by atoms with van der Waals surface area (Å²) >= 11 is 0. The summed E-state index contributed by atoms with van der Waals surface area (Å²) in [5.74, 6) is 0.425. The van der Waals surface area contributed by atoms with Crippen molar-refractivity contribution >= 4 is 11.8 Å². The Balaban J connectivity index is 2.52. The lowest BCUT2D eigenvalue weighted by Crippen LogP contribution is -2.23. The second-order valence-electron chi connectivity index (χ2n) is 4.20. The van der Waals surface area contributed by atoms with Gasteiger partial charge in [-0.25, -0.2) is 0 Å². The number of fused-ring (bicyclic) bond motifs is 1. The predicted molar refractivity (Wildman–Crippen MR) is 66.2 cm³/mol.